The van der Waals surface area contributed by atoms with Crippen molar-refractivity contribution in [3.8, 4) is 22.5 Å². The molecule has 148 valence electrons. The lowest BCUT2D eigenvalue weighted by atomic mass is 10.0. The van der Waals surface area contributed by atoms with Crippen molar-refractivity contribution in [2.24, 2.45) is 0 Å². The summed E-state index contributed by atoms with van der Waals surface area (Å²) in [7, 11) is -1.13. The number of benzene rings is 2. The summed E-state index contributed by atoms with van der Waals surface area (Å²) >= 11 is 18.6. The number of halogens is 3. The normalized spacial score (nSPS) is 11.8. The van der Waals surface area contributed by atoms with E-state index in [2.05, 4.69) is 24.6 Å². The Hall–Kier alpha value is -1.30. The minimum atomic E-state index is -1.13. The molecule has 0 unspecified atom stereocenters. The molecule has 0 aliphatic heterocycles. The van der Waals surface area contributed by atoms with E-state index in [1.54, 1.807) is 12.4 Å². The van der Waals surface area contributed by atoms with E-state index in [1.165, 1.54) is 0 Å². The van der Waals surface area contributed by atoms with Gasteiger partial charge in [-0.3, -0.25) is 0 Å². The molecule has 28 heavy (non-hydrogen) atoms. The second kappa shape index (κ2) is 9.01. The van der Waals surface area contributed by atoms with Gasteiger partial charge < -0.3 is 9.30 Å². The number of rotatable bonds is 7. The highest BCUT2D eigenvalue weighted by Crippen LogP contribution is 2.36. The largest absolute Gasteiger partial charge is 0.361 e. The number of hydrogen-bond donors (Lipinski definition) is 0. The molecular weight excluding hydrogens is 431 g/mol. The molecule has 0 aliphatic carbocycles. The zero-order valence-electron chi connectivity index (χ0n) is 16.2. The van der Waals surface area contributed by atoms with Gasteiger partial charge in [0.25, 0.3) is 0 Å². The van der Waals surface area contributed by atoms with Gasteiger partial charge in [0.1, 0.15) is 6.73 Å². The zero-order chi connectivity index (χ0) is 20.3. The van der Waals surface area contributed by atoms with Gasteiger partial charge in [0.05, 0.1) is 22.7 Å². The highest BCUT2D eigenvalue weighted by molar-refractivity contribution is 6.76. The zero-order valence-corrected chi connectivity index (χ0v) is 19.4. The van der Waals surface area contributed by atoms with Crippen LogP contribution in [0.3, 0.4) is 0 Å². The molecule has 2 aromatic carbocycles. The van der Waals surface area contributed by atoms with E-state index in [0.29, 0.717) is 21.8 Å². The molecule has 0 fully saturated rings. The standard InChI is InChI=1S/C21H23Cl3N2OSi/c1-28(2,3)11-10-27-14-26-13-25-20(18-9-8-17(23)12-19(18)24)21(26)15-4-6-16(22)7-5-15/h4-9,12-13H,10-11,14H2,1-3H3. The predicted molar refractivity (Wildman–Crippen MR) is 122 cm³/mol. The maximum absolute atomic E-state index is 6.45. The van der Waals surface area contributed by atoms with Crippen molar-refractivity contribution in [3.05, 3.63) is 63.9 Å². The Labute approximate surface area is 182 Å². The van der Waals surface area contributed by atoms with Gasteiger partial charge in [-0.15, -0.1) is 0 Å². The Kier molecular flexibility index (Phi) is 6.89. The molecule has 0 spiro atoms. The Morgan fingerprint density at radius 2 is 1.64 bits per heavy atom. The third kappa shape index (κ3) is 5.40. The molecule has 0 bridgehead atoms. The van der Waals surface area contributed by atoms with E-state index >= 15 is 0 Å². The van der Waals surface area contributed by atoms with Gasteiger partial charge in [0, 0.05) is 35.9 Å². The summed E-state index contributed by atoms with van der Waals surface area (Å²) in [4.78, 5) is 4.63. The molecule has 3 nitrogen and oxygen atoms in total. The Balaban J connectivity index is 1.96. The lowest BCUT2D eigenvalue weighted by Gasteiger charge is -2.16. The van der Waals surface area contributed by atoms with Gasteiger partial charge in [0.2, 0.25) is 0 Å². The molecule has 1 heterocycles. The van der Waals surface area contributed by atoms with Crippen LogP contribution in [0, 0.1) is 0 Å². The molecule has 3 rings (SSSR count). The predicted octanol–water partition coefficient (Wildman–Crippen LogP) is 7.49. The average Bonchev–Trinajstić information content (AvgIpc) is 3.02. The van der Waals surface area contributed by atoms with E-state index in [-0.39, 0.29) is 0 Å². The van der Waals surface area contributed by atoms with Crippen molar-refractivity contribution in [2.45, 2.75) is 32.4 Å². The van der Waals surface area contributed by atoms with Crippen molar-refractivity contribution >= 4 is 42.9 Å². The van der Waals surface area contributed by atoms with Crippen LogP contribution < -0.4 is 0 Å². The van der Waals surface area contributed by atoms with Crippen molar-refractivity contribution < 1.29 is 4.74 Å². The van der Waals surface area contributed by atoms with Crippen LogP contribution in [-0.2, 0) is 11.5 Å². The summed E-state index contributed by atoms with van der Waals surface area (Å²) in [6, 6.07) is 14.2. The lowest BCUT2D eigenvalue weighted by Crippen LogP contribution is -2.22. The molecule has 0 saturated carbocycles. The quantitative estimate of drug-likeness (QED) is 0.274. The second-order valence-electron chi connectivity index (χ2n) is 7.89. The van der Waals surface area contributed by atoms with Gasteiger partial charge >= 0.3 is 0 Å². The highest BCUT2D eigenvalue weighted by Gasteiger charge is 2.18. The maximum atomic E-state index is 6.45. The van der Waals surface area contributed by atoms with Crippen molar-refractivity contribution in [2.75, 3.05) is 6.61 Å². The van der Waals surface area contributed by atoms with Crippen LogP contribution in [-0.4, -0.2) is 24.2 Å². The van der Waals surface area contributed by atoms with Crippen LogP contribution in [0.15, 0.2) is 48.8 Å². The topological polar surface area (TPSA) is 27.1 Å². The fraction of sp³-hybridized carbons (Fsp3) is 0.286. The molecule has 0 N–H and O–H groups in total. The van der Waals surface area contributed by atoms with E-state index in [1.807, 2.05) is 41.0 Å². The van der Waals surface area contributed by atoms with Crippen molar-refractivity contribution in [1.82, 2.24) is 9.55 Å². The van der Waals surface area contributed by atoms with Gasteiger partial charge in [-0.25, -0.2) is 4.98 Å². The molecule has 1 aromatic heterocycles. The van der Waals surface area contributed by atoms with Gasteiger partial charge in [-0.1, -0.05) is 66.6 Å². The average molecular weight is 454 g/mol. The fourth-order valence-corrected chi connectivity index (χ4v) is 4.19. The molecule has 0 saturated heterocycles. The SMILES string of the molecule is C[Si](C)(C)CCOCn1cnc(-c2ccc(Cl)cc2Cl)c1-c1ccc(Cl)cc1. The monoisotopic (exact) mass is 452 g/mol. The summed E-state index contributed by atoms with van der Waals surface area (Å²) in [5.74, 6) is 0. The molecule has 7 heteroatoms. The van der Waals surface area contributed by atoms with Crippen LogP contribution in [0.4, 0.5) is 0 Å². The van der Waals surface area contributed by atoms with E-state index in [4.69, 9.17) is 39.5 Å². The first-order valence-corrected chi connectivity index (χ1v) is 13.9. The molecule has 3 aromatic rings. The summed E-state index contributed by atoms with van der Waals surface area (Å²) in [6.45, 7) is 8.19. The fourth-order valence-electron chi connectivity index (χ4n) is 2.81. The van der Waals surface area contributed by atoms with E-state index < -0.39 is 8.07 Å². The minimum absolute atomic E-state index is 0.431. The van der Waals surface area contributed by atoms with Crippen LogP contribution in [0.1, 0.15) is 0 Å². The third-order valence-corrected chi connectivity index (χ3v) is 6.87. The second-order valence-corrected chi connectivity index (χ2v) is 14.8. The number of imidazole rings is 1. The maximum Gasteiger partial charge on any atom is 0.124 e. The summed E-state index contributed by atoms with van der Waals surface area (Å²) in [6.07, 6.45) is 1.79. The minimum Gasteiger partial charge on any atom is -0.361 e. The van der Waals surface area contributed by atoms with Crippen LogP contribution in [0.2, 0.25) is 40.8 Å². The third-order valence-electron chi connectivity index (χ3n) is 4.37. The lowest BCUT2D eigenvalue weighted by molar-refractivity contribution is 0.0882. The number of aromatic nitrogens is 2. The van der Waals surface area contributed by atoms with Gasteiger partial charge in [-0.05, 0) is 36.4 Å². The van der Waals surface area contributed by atoms with Crippen LogP contribution in [0.5, 0.6) is 0 Å². The van der Waals surface area contributed by atoms with Gasteiger partial charge in [0.15, 0.2) is 0 Å². The Morgan fingerprint density at radius 1 is 0.964 bits per heavy atom. The smallest absolute Gasteiger partial charge is 0.124 e. The Morgan fingerprint density at radius 3 is 2.29 bits per heavy atom. The Bertz CT molecular complexity index is 949. The van der Waals surface area contributed by atoms with E-state index in [9.17, 15) is 0 Å². The number of ether oxygens (including phenoxy) is 1. The molecule has 0 amide bonds. The summed E-state index contributed by atoms with van der Waals surface area (Å²) in [5, 5.41) is 1.84. The van der Waals surface area contributed by atoms with Crippen LogP contribution >= 0.6 is 34.8 Å². The molecule has 0 radical (unpaired) electrons. The van der Waals surface area contributed by atoms with Crippen molar-refractivity contribution in [3.63, 3.8) is 0 Å². The summed E-state index contributed by atoms with van der Waals surface area (Å²) in [5.41, 5.74) is 3.56. The first kappa shape index (κ1) is 21.4. The van der Waals surface area contributed by atoms with E-state index in [0.717, 1.165) is 35.2 Å². The summed E-state index contributed by atoms with van der Waals surface area (Å²) < 4.78 is 7.97. The van der Waals surface area contributed by atoms with Crippen molar-refractivity contribution in [1.29, 1.82) is 0 Å². The highest BCUT2D eigenvalue weighted by atomic mass is 35.5. The number of nitrogens with zero attached hydrogens (tertiary/aromatic N) is 2. The molecule has 0 aliphatic rings. The van der Waals surface area contributed by atoms with Crippen LogP contribution in [0.25, 0.3) is 22.5 Å². The first-order valence-electron chi connectivity index (χ1n) is 9.09. The number of hydrogen-bond acceptors (Lipinski definition) is 2. The van der Waals surface area contributed by atoms with Gasteiger partial charge in [-0.2, -0.15) is 0 Å². The first-order chi connectivity index (χ1) is 13.2. The molecular formula is C21H23Cl3N2OSi. The molecule has 0 atom stereocenters.